The molecule has 2 aromatic carbocycles. The molecule has 1 aliphatic heterocycles. The third kappa shape index (κ3) is 5.60. The Morgan fingerprint density at radius 1 is 1.07 bits per heavy atom. The van der Waals surface area contributed by atoms with E-state index in [0.29, 0.717) is 13.1 Å². The van der Waals surface area contributed by atoms with E-state index < -0.39 is 9.84 Å². The Morgan fingerprint density at radius 2 is 1.73 bits per heavy atom. The van der Waals surface area contributed by atoms with Crippen molar-refractivity contribution in [1.29, 1.82) is 0 Å². The number of piperidine rings is 1. The number of likely N-dealkylation sites (tertiary alicyclic amines) is 1. The number of nitrogens with zero attached hydrogens (tertiary/aromatic N) is 1. The fourth-order valence-electron chi connectivity index (χ4n) is 3.52. The highest BCUT2D eigenvalue weighted by molar-refractivity contribution is 7.90. The summed E-state index contributed by atoms with van der Waals surface area (Å²) < 4.78 is 23.2. The maximum absolute atomic E-state index is 12.8. The minimum absolute atomic E-state index is 0.105. The predicted octanol–water partition coefficient (Wildman–Crippen LogP) is 3.21. The van der Waals surface area contributed by atoms with Crippen LogP contribution in [0.4, 0.5) is 10.5 Å². The summed E-state index contributed by atoms with van der Waals surface area (Å²) in [7, 11) is -3.25. The van der Waals surface area contributed by atoms with Gasteiger partial charge in [0.25, 0.3) is 0 Å². The summed E-state index contributed by atoms with van der Waals surface area (Å²) in [6.07, 6.45) is 2.65. The van der Waals surface area contributed by atoms with Crippen molar-refractivity contribution in [3.63, 3.8) is 0 Å². The number of para-hydroxylation sites is 1. The summed E-state index contributed by atoms with van der Waals surface area (Å²) in [5.74, 6) is -0.384. The smallest absolute Gasteiger partial charge is 0.321 e. The molecule has 0 bridgehead atoms. The van der Waals surface area contributed by atoms with Crippen molar-refractivity contribution in [1.82, 2.24) is 10.2 Å². The lowest BCUT2D eigenvalue weighted by Gasteiger charge is -2.32. The van der Waals surface area contributed by atoms with Gasteiger partial charge in [0.1, 0.15) is 0 Å². The highest BCUT2D eigenvalue weighted by Crippen LogP contribution is 2.21. The molecule has 30 heavy (non-hydrogen) atoms. The van der Waals surface area contributed by atoms with E-state index >= 15 is 0 Å². The number of carbonyl (C=O) groups excluding carboxylic acids is 2. The van der Waals surface area contributed by atoms with E-state index in [0.717, 1.165) is 30.3 Å². The molecule has 0 unspecified atom stereocenters. The van der Waals surface area contributed by atoms with Crippen molar-refractivity contribution in [3.05, 3.63) is 60.2 Å². The Morgan fingerprint density at radius 3 is 2.37 bits per heavy atom. The zero-order valence-corrected chi connectivity index (χ0v) is 18.0. The first-order valence-corrected chi connectivity index (χ1v) is 11.8. The van der Waals surface area contributed by atoms with Crippen LogP contribution in [0.3, 0.4) is 0 Å². The van der Waals surface area contributed by atoms with Crippen molar-refractivity contribution >= 4 is 27.5 Å². The van der Waals surface area contributed by atoms with Gasteiger partial charge in [0.15, 0.2) is 9.84 Å². The minimum atomic E-state index is -3.25. The summed E-state index contributed by atoms with van der Waals surface area (Å²) in [6, 6.07) is 15.3. The summed E-state index contributed by atoms with van der Waals surface area (Å²) in [4.78, 5) is 27.2. The Balaban J connectivity index is 1.57. The molecule has 0 aliphatic carbocycles. The number of benzene rings is 2. The van der Waals surface area contributed by atoms with Gasteiger partial charge in [-0.1, -0.05) is 30.3 Å². The third-order valence-electron chi connectivity index (χ3n) is 5.27. The topological polar surface area (TPSA) is 95.6 Å². The molecular weight excluding hydrogens is 402 g/mol. The molecule has 1 aliphatic rings. The van der Waals surface area contributed by atoms with Gasteiger partial charge in [-0.3, -0.25) is 4.79 Å². The van der Waals surface area contributed by atoms with Crippen LogP contribution >= 0.6 is 0 Å². The van der Waals surface area contributed by atoms with Crippen LogP contribution in [0.1, 0.15) is 31.4 Å². The molecule has 2 aromatic rings. The van der Waals surface area contributed by atoms with Crippen molar-refractivity contribution < 1.29 is 18.0 Å². The van der Waals surface area contributed by atoms with Gasteiger partial charge in [0.05, 0.1) is 16.9 Å². The molecule has 3 rings (SSSR count). The molecule has 2 N–H and O–H groups in total. The van der Waals surface area contributed by atoms with Crippen molar-refractivity contribution in [2.75, 3.05) is 24.7 Å². The van der Waals surface area contributed by atoms with Crippen LogP contribution in [0, 0.1) is 5.92 Å². The molecule has 0 aromatic heterocycles. The first-order chi connectivity index (χ1) is 14.2. The van der Waals surface area contributed by atoms with E-state index in [1.807, 2.05) is 37.3 Å². The Hall–Kier alpha value is -2.87. The van der Waals surface area contributed by atoms with E-state index in [-0.39, 0.29) is 28.8 Å². The molecule has 0 spiro atoms. The summed E-state index contributed by atoms with van der Waals surface area (Å²) >= 11 is 0. The Bertz CT molecular complexity index is 991. The second-order valence-electron chi connectivity index (χ2n) is 7.65. The maximum Gasteiger partial charge on any atom is 0.321 e. The molecule has 8 heteroatoms. The molecule has 3 amide bonds. The number of amides is 3. The maximum atomic E-state index is 12.8. The van der Waals surface area contributed by atoms with E-state index in [9.17, 15) is 18.0 Å². The monoisotopic (exact) mass is 429 g/mol. The van der Waals surface area contributed by atoms with Gasteiger partial charge in [0, 0.05) is 25.0 Å². The summed E-state index contributed by atoms with van der Waals surface area (Å²) in [6.45, 7) is 2.84. The molecule has 1 fully saturated rings. The molecule has 7 nitrogen and oxygen atoms in total. The summed E-state index contributed by atoms with van der Waals surface area (Å²) in [5.41, 5.74) is 1.55. The number of anilines is 1. The number of hydrogen-bond acceptors (Lipinski definition) is 4. The van der Waals surface area contributed by atoms with Crippen molar-refractivity contribution in [2.45, 2.75) is 30.7 Å². The number of sulfone groups is 1. The van der Waals surface area contributed by atoms with Crippen LogP contribution < -0.4 is 10.6 Å². The second kappa shape index (κ2) is 9.30. The zero-order valence-electron chi connectivity index (χ0n) is 17.2. The number of carbonyl (C=O) groups is 2. The van der Waals surface area contributed by atoms with Gasteiger partial charge in [0.2, 0.25) is 5.91 Å². The van der Waals surface area contributed by atoms with Gasteiger partial charge in [-0.15, -0.1) is 0 Å². The lowest BCUT2D eigenvalue weighted by Crippen LogP contribution is -2.47. The normalized spacial score (nSPS) is 17.8. The molecule has 0 saturated carbocycles. The van der Waals surface area contributed by atoms with Gasteiger partial charge in [-0.25, -0.2) is 13.2 Å². The van der Waals surface area contributed by atoms with Crippen LogP contribution in [0.15, 0.2) is 59.5 Å². The fourth-order valence-corrected chi connectivity index (χ4v) is 4.15. The van der Waals surface area contributed by atoms with Crippen LogP contribution in [-0.2, 0) is 14.6 Å². The minimum Gasteiger partial charge on any atom is -0.349 e. The van der Waals surface area contributed by atoms with Gasteiger partial charge >= 0.3 is 6.03 Å². The van der Waals surface area contributed by atoms with Gasteiger partial charge < -0.3 is 15.5 Å². The van der Waals surface area contributed by atoms with E-state index in [1.165, 1.54) is 0 Å². The first-order valence-electron chi connectivity index (χ1n) is 9.95. The number of hydrogen-bond donors (Lipinski definition) is 2. The Labute approximate surface area is 177 Å². The average molecular weight is 430 g/mol. The second-order valence-corrected chi connectivity index (χ2v) is 9.67. The van der Waals surface area contributed by atoms with Crippen molar-refractivity contribution in [2.24, 2.45) is 5.92 Å². The van der Waals surface area contributed by atoms with Crippen molar-refractivity contribution in [3.8, 4) is 0 Å². The lowest BCUT2D eigenvalue weighted by molar-refractivity contribution is -0.126. The average Bonchev–Trinajstić information content (AvgIpc) is 2.74. The molecule has 2 atom stereocenters. The quantitative estimate of drug-likeness (QED) is 0.763. The third-order valence-corrected chi connectivity index (χ3v) is 6.40. The molecule has 1 saturated heterocycles. The first kappa shape index (κ1) is 21.8. The highest BCUT2D eigenvalue weighted by atomic mass is 32.2. The SMILES string of the molecule is C[C@@H](NC(=O)[C@H]1CCCN(C(=O)Nc2ccccc2)C1)c1ccc(S(C)(=O)=O)cc1. The standard InChI is InChI=1S/C22H27N3O4S/c1-16(17-10-12-20(13-11-17)30(2,28)29)23-21(26)18-7-6-14-25(15-18)22(27)24-19-8-4-3-5-9-19/h3-5,8-13,16,18H,6-7,14-15H2,1-2H3,(H,23,26)(H,24,27)/t16-,18+/m1/s1. The molecule has 0 radical (unpaired) electrons. The number of urea groups is 1. The van der Waals surface area contributed by atoms with Crippen LogP contribution in [0.2, 0.25) is 0 Å². The lowest BCUT2D eigenvalue weighted by atomic mass is 9.96. The van der Waals surface area contributed by atoms with Gasteiger partial charge in [-0.2, -0.15) is 0 Å². The largest absolute Gasteiger partial charge is 0.349 e. The zero-order chi connectivity index (χ0) is 21.7. The number of nitrogens with one attached hydrogen (secondary N) is 2. The van der Waals surface area contributed by atoms with E-state index in [2.05, 4.69) is 10.6 Å². The van der Waals surface area contributed by atoms with Crippen LogP contribution in [0.5, 0.6) is 0 Å². The van der Waals surface area contributed by atoms with Gasteiger partial charge in [-0.05, 0) is 49.6 Å². The van der Waals surface area contributed by atoms with E-state index in [4.69, 9.17) is 0 Å². The highest BCUT2D eigenvalue weighted by Gasteiger charge is 2.29. The van der Waals surface area contributed by atoms with Crippen LogP contribution in [-0.4, -0.2) is 44.6 Å². The molecule has 1 heterocycles. The molecular formula is C22H27N3O4S. The van der Waals surface area contributed by atoms with E-state index in [1.54, 1.807) is 29.2 Å². The Kier molecular flexibility index (Phi) is 6.77. The van der Waals surface area contributed by atoms with Crippen LogP contribution in [0.25, 0.3) is 0 Å². The number of rotatable bonds is 5. The molecule has 160 valence electrons. The predicted molar refractivity (Wildman–Crippen MR) is 116 cm³/mol. The fraction of sp³-hybridized carbons (Fsp3) is 0.364. The summed E-state index contributed by atoms with van der Waals surface area (Å²) in [5, 5.41) is 5.85.